The Morgan fingerprint density at radius 1 is 1.20 bits per heavy atom. The maximum Gasteiger partial charge on any atom is 0.325 e. The molecule has 3 heterocycles. The number of benzene rings is 1. The summed E-state index contributed by atoms with van der Waals surface area (Å²) in [6.07, 6.45) is 1.56. The summed E-state index contributed by atoms with van der Waals surface area (Å²) in [6, 6.07) is 7.06. The highest BCUT2D eigenvalue weighted by Gasteiger charge is 2.20. The van der Waals surface area contributed by atoms with Crippen LogP contribution in [-0.2, 0) is 5.41 Å². The standard InChI is InChI=1S/C20H20FN7O2/c1-20(2,3)14-9-15(28-30-14)25-19(29)24-12-5-4-10(8-11(12)21)17-16-13(26-27-17)6-7-23-18(16)22/h4-9H,1-3H3,(H2,22,23)(H,26,27)(H2,24,25,28,29). The zero-order valence-electron chi connectivity index (χ0n) is 16.6. The van der Waals surface area contributed by atoms with Gasteiger partial charge >= 0.3 is 6.03 Å². The fourth-order valence-corrected chi connectivity index (χ4v) is 2.92. The fourth-order valence-electron chi connectivity index (χ4n) is 2.92. The van der Waals surface area contributed by atoms with Crippen LogP contribution in [0.1, 0.15) is 26.5 Å². The Balaban J connectivity index is 1.52. The molecule has 0 saturated heterocycles. The Kier molecular flexibility index (Phi) is 4.61. The van der Waals surface area contributed by atoms with Gasteiger partial charge in [-0.05, 0) is 18.2 Å². The lowest BCUT2D eigenvalue weighted by Gasteiger charge is -2.12. The number of pyridine rings is 1. The van der Waals surface area contributed by atoms with E-state index in [2.05, 4.69) is 31.0 Å². The van der Waals surface area contributed by atoms with E-state index in [0.29, 0.717) is 33.7 Å². The number of nitrogens with one attached hydrogen (secondary N) is 3. The van der Waals surface area contributed by atoms with Crippen LogP contribution < -0.4 is 16.4 Å². The van der Waals surface area contributed by atoms with Gasteiger partial charge in [-0.2, -0.15) is 5.10 Å². The van der Waals surface area contributed by atoms with Gasteiger partial charge in [0.15, 0.2) is 5.82 Å². The molecule has 3 aromatic heterocycles. The minimum absolute atomic E-state index is 0.00160. The number of rotatable bonds is 3. The molecular formula is C20H20FN7O2. The summed E-state index contributed by atoms with van der Waals surface area (Å²) in [5.41, 5.74) is 7.35. The third-order valence-corrected chi connectivity index (χ3v) is 4.49. The summed E-state index contributed by atoms with van der Waals surface area (Å²) in [4.78, 5) is 16.3. The van der Waals surface area contributed by atoms with E-state index in [-0.39, 0.29) is 16.9 Å². The number of hydrogen-bond donors (Lipinski definition) is 4. The molecule has 5 N–H and O–H groups in total. The van der Waals surface area contributed by atoms with Crippen molar-refractivity contribution in [3.63, 3.8) is 0 Å². The molecule has 0 atom stereocenters. The number of hydrogen-bond acceptors (Lipinski definition) is 6. The Morgan fingerprint density at radius 2 is 2.00 bits per heavy atom. The van der Waals surface area contributed by atoms with Crippen LogP contribution in [0.2, 0.25) is 0 Å². The van der Waals surface area contributed by atoms with Crippen LogP contribution in [0.15, 0.2) is 41.1 Å². The number of carbonyl (C=O) groups excluding carboxylic acids is 1. The minimum Gasteiger partial charge on any atom is -0.383 e. The number of carbonyl (C=O) groups is 1. The lowest BCUT2D eigenvalue weighted by Crippen LogP contribution is -2.20. The van der Waals surface area contributed by atoms with Gasteiger partial charge in [-0.15, -0.1) is 0 Å². The Hall–Kier alpha value is -3.95. The minimum atomic E-state index is -0.644. The van der Waals surface area contributed by atoms with Crippen LogP contribution in [0.3, 0.4) is 0 Å². The number of aromatic nitrogens is 4. The normalized spacial score (nSPS) is 11.6. The molecule has 0 saturated carbocycles. The summed E-state index contributed by atoms with van der Waals surface area (Å²) in [5, 5.41) is 16.4. The molecule has 30 heavy (non-hydrogen) atoms. The number of H-pyrrole nitrogens is 1. The second-order valence-corrected chi connectivity index (χ2v) is 7.79. The highest BCUT2D eigenvalue weighted by Crippen LogP contribution is 2.31. The predicted molar refractivity (Wildman–Crippen MR) is 112 cm³/mol. The van der Waals surface area contributed by atoms with Crippen LogP contribution in [0.4, 0.5) is 26.5 Å². The lowest BCUT2D eigenvalue weighted by atomic mass is 9.93. The van der Waals surface area contributed by atoms with Gasteiger partial charge in [0, 0.05) is 23.2 Å². The predicted octanol–water partition coefficient (Wildman–Crippen LogP) is 4.28. The zero-order chi connectivity index (χ0) is 21.5. The molecule has 0 unspecified atom stereocenters. The van der Waals surface area contributed by atoms with Gasteiger partial charge in [0.1, 0.15) is 23.1 Å². The highest BCUT2D eigenvalue weighted by molar-refractivity contribution is 6.01. The van der Waals surface area contributed by atoms with Crippen molar-refractivity contribution in [1.82, 2.24) is 20.3 Å². The molecule has 154 valence electrons. The number of nitrogen functional groups attached to an aromatic ring is 1. The van der Waals surface area contributed by atoms with Gasteiger partial charge in [0.2, 0.25) is 0 Å². The van der Waals surface area contributed by atoms with Gasteiger partial charge < -0.3 is 15.6 Å². The second kappa shape index (κ2) is 7.14. The molecule has 0 fully saturated rings. The molecule has 4 rings (SSSR count). The zero-order valence-corrected chi connectivity index (χ0v) is 16.6. The van der Waals surface area contributed by atoms with Gasteiger partial charge in [0.25, 0.3) is 0 Å². The summed E-state index contributed by atoms with van der Waals surface area (Å²) in [6.45, 7) is 5.88. The van der Waals surface area contributed by atoms with Gasteiger partial charge in [-0.3, -0.25) is 10.4 Å². The average Bonchev–Trinajstić information content (AvgIpc) is 3.31. The Morgan fingerprint density at radius 3 is 2.70 bits per heavy atom. The smallest absolute Gasteiger partial charge is 0.325 e. The van der Waals surface area contributed by atoms with E-state index in [1.807, 2.05) is 20.8 Å². The maximum absolute atomic E-state index is 14.6. The van der Waals surface area contributed by atoms with Crippen LogP contribution in [-0.4, -0.2) is 26.4 Å². The average molecular weight is 409 g/mol. The molecule has 0 bridgehead atoms. The first-order valence-electron chi connectivity index (χ1n) is 9.16. The molecule has 1 aromatic carbocycles. The Labute approximate surface area is 170 Å². The molecule has 4 aromatic rings. The second-order valence-electron chi connectivity index (χ2n) is 7.79. The van der Waals surface area contributed by atoms with Crippen LogP contribution in [0.5, 0.6) is 0 Å². The number of aromatic amines is 1. The summed E-state index contributed by atoms with van der Waals surface area (Å²) in [7, 11) is 0. The maximum atomic E-state index is 14.6. The number of halogens is 1. The Bertz CT molecular complexity index is 1240. The van der Waals surface area contributed by atoms with Crippen molar-refractivity contribution in [2.24, 2.45) is 0 Å². The SMILES string of the molecule is CC(C)(C)c1cc(NC(=O)Nc2ccc(-c3n[nH]c4ccnc(N)c34)cc2F)no1. The van der Waals surface area contributed by atoms with E-state index in [4.69, 9.17) is 10.3 Å². The van der Waals surface area contributed by atoms with E-state index in [0.717, 1.165) is 0 Å². The van der Waals surface area contributed by atoms with Crippen molar-refractivity contribution >= 4 is 34.3 Å². The van der Waals surface area contributed by atoms with Crippen molar-refractivity contribution in [3.8, 4) is 11.3 Å². The first kappa shape index (κ1) is 19.4. The monoisotopic (exact) mass is 409 g/mol. The van der Waals surface area contributed by atoms with E-state index in [9.17, 15) is 9.18 Å². The van der Waals surface area contributed by atoms with Gasteiger partial charge in [-0.1, -0.05) is 32.0 Å². The molecule has 0 aliphatic carbocycles. The first-order valence-corrected chi connectivity index (χ1v) is 9.16. The molecule has 2 amide bonds. The van der Waals surface area contributed by atoms with Crippen molar-refractivity contribution < 1.29 is 13.7 Å². The molecule has 10 heteroatoms. The molecule has 0 aliphatic rings. The molecule has 0 radical (unpaired) electrons. The van der Waals surface area contributed by atoms with E-state index < -0.39 is 11.8 Å². The number of amides is 2. The van der Waals surface area contributed by atoms with E-state index in [1.165, 1.54) is 12.1 Å². The third kappa shape index (κ3) is 3.66. The van der Waals surface area contributed by atoms with E-state index in [1.54, 1.807) is 24.4 Å². The fraction of sp³-hybridized carbons (Fsp3) is 0.200. The molecular weight excluding hydrogens is 389 g/mol. The number of urea groups is 1. The quantitative estimate of drug-likeness (QED) is 0.399. The molecule has 9 nitrogen and oxygen atoms in total. The molecule has 0 aliphatic heterocycles. The van der Waals surface area contributed by atoms with Crippen LogP contribution in [0.25, 0.3) is 22.2 Å². The van der Waals surface area contributed by atoms with Crippen LogP contribution >= 0.6 is 0 Å². The van der Waals surface area contributed by atoms with Gasteiger partial charge in [0.05, 0.1) is 16.6 Å². The van der Waals surface area contributed by atoms with Crippen molar-refractivity contribution in [1.29, 1.82) is 0 Å². The van der Waals surface area contributed by atoms with Crippen LogP contribution in [0, 0.1) is 5.82 Å². The van der Waals surface area contributed by atoms with Crippen molar-refractivity contribution in [2.45, 2.75) is 26.2 Å². The number of nitrogens with two attached hydrogens (primary N) is 1. The number of nitrogens with zero attached hydrogens (tertiary/aromatic N) is 3. The third-order valence-electron chi connectivity index (χ3n) is 4.49. The summed E-state index contributed by atoms with van der Waals surface area (Å²) < 4.78 is 19.9. The van der Waals surface area contributed by atoms with Crippen molar-refractivity contribution in [2.75, 3.05) is 16.4 Å². The number of anilines is 3. The van der Waals surface area contributed by atoms with E-state index >= 15 is 0 Å². The highest BCUT2D eigenvalue weighted by atomic mass is 19.1. The summed E-state index contributed by atoms with van der Waals surface area (Å²) in [5.74, 6) is 0.519. The first-order chi connectivity index (χ1) is 14.2. The molecule has 0 spiro atoms. The summed E-state index contributed by atoms with van der Waals surface area (Å²) >= 11 is 0. The largest absolute Gasteiger partial charge is 0.383 e. The van der Waals surface area contributed by atoms with Gasteiger partial charge in [-0.25, -0.2) is 14.2 Å². The topological polar surface area (TPSA) is 135 Å². The number of fused-ring (bicyclic) bond motifs is 1. The van der Waals surface area contributed by atoms with Crippen molar-refractivity contribution in [3.05, 3.63) is 48.1 Å². The lowest BCUT2D eigenvalue weighted by molar-refractivity contribution is 0.261.